The Balaban J connectivity index is 1.43. The molecule has 5 nitrogen and oxygen atoms in total. The zero-order chi connectivity index (χ0) is 17.1. The van der Waals surface area contributed by atoms with Crippen LogP contribution in [0.2, 0.25) is 0 Å². The number of hydrogen-bond donors (Lipinski definition) is 0. The van der Waals surface area contributed by atoms with Crippen molar-refractivity contribution < 1.29 is 14.0 Å². The molecule has 4 rings (SSSR count). The number of furan rings is 1. The molecule has 2 saturated heterocycles. The maximum absolute atomic E-state index is 12.9. The van der Waals surface area contributed by atoms with Gasteiger partial charge in [0.25, 0.3) is 0 Å². The van der Waals surface area contributed by atoms with Crippen LogP contribution in [0.5, 0.6) is 0 Å². The summed E-state index contributed by atoms with van der Waals surface area (Å²) >= 11 is 1.73. The van der Waals surface area contributed by atoms with Crippen LogP contribution in [-0.4, -0.2) is 45.3 Å². The van der Waals surface area contributed by atoms with Gasteiger partial charge in [0.1, 0.15) is 17.6 Å². The van der Waals surface area contributed by atoms with Gasteiger partial charge in [0.05, 0.1) is 11.4 Å². The lowest BCUT2D eigenvalue weighted by molar-refractivity contribution is -0.143. The second-order valence-electron chi connectivity index (χ2n) is 7.58. The zero-order valence-corrected chi connectivity index (χ0v) is 15.3. The molecule has 0 aromatic carbocycles. The van der Waals surface area contributed by atoms with Gasteiger partial charge in [-0.25, -0.2) is 0 Å². The molecule has 0 radical (unpaired) electrons. The Kier molecular flexibility index (Phi) is 3.71. The van der Waals surface area contributed by atoms with Crippen molar-refractivity contribution in [3.63, 3.8) is 0 Å². The molecule has 0 spiro atoms. The minimum atomic E-state index is -0.335. The molecule has 0 N–H and O–H groups in total. The van der Waals surface area contributed by atoms with Crippen LogP contribution in [0.4, 0.5) is 0 Å². The van der Waals surface area contributed by atoms with E-state index in [1.807, 2.05) is 17.0 Å². The molecule has 4 atom stereocenters. The van der Waals surface area contributed by atoms with E-state index < -0.39 is 0 Å². The smallest absolute Gasteiger partial charge is 0.246 e. The normalized spacial score (nSPS) is 34.5. The SMILES string of the molecule is C[C@@H]1C[C@@H]1c1ccc(CN(C)C(=O)[C@H]2CS[C@@]3(C)CCC(=O)N23)o1. The summed E-state index contributed by atoms with van der Waals surface area (Å²) in [5.41, 5.74) is 0. The molecule has 0 unspecified atom stereocenters. The number of hydrogen-bond acceptors (Lipinski definition) is 4. The third kappa shape index (κ3) is 2.55. The molecule has 0 bridgehead atoms. The third-order valence-electron chi connectivity index (χ3n) is 5.66. The summed E-state index contributed by atoms with van der Waals surface area (Å²) < 4.78 is 5.91. The van der Waals surface area contributed by atoms with Crippen LogP contribution in [0.1, 0.15) is 50.5 Å². The predicted octanol–water partition coefficient (Wildman–Crippen LogP) is 2.82. The van der Waals surface area contributed by atoms with Crippen molar-refractivity contribution >= 4 is 23.6 Å². The highest BCUT2D eigenvalue weighted by Crippen LogP contribution is 2.48. The number of likely N-dealkylation sites (N-methyl/N-ethyl adjacent to an activating group) is 1. The summed E-state index contributed by atoms with van der Waals surface area (Å²) in [5, 5.41) is 0. The molecular formula is C18H24N2O3S. The lowest BCUT2D eigenvalue weighted by Gasteiger charge is -2.31. The number of carbonyl (C=O) groups excluding carboxylic acids is 2. The van der Waals surface area contributed by atoms with Crippen molar-refractivity contribution in [2.45, 2.75) is 56.5 Å². The fraction of sp³-hybridized carbons (Fsp3) is 0.667. The maximum Gasteiger partial charge on any atom is 0.246 e. The summed E-state index contributed by atoms with van der Waals surface area (Å²) in [6.07, 6.45) is 2.58. The second kappa shape index (κ2) is 5.55. The van der Waals surface area contributed by atoms with Gasteiger partial charge in [-0.1, -0.05) is 6.92 Å². The molecule has 1 aliphatic carbocycles. The highest BCUT2D eigenvalue weighted by Gasteiger charge is 2.53. The highest BCUT2D eigenvalue weighted by molar-refractivity contribution is 8.01. The summed E-state index contributed by atoms with van der Waals surface area (Å²) in [5.74, 6) is 3.93. The van der Waals surface area contributed by atoms with Gasteiger partial charge in [0.2, 0.25) is 11.8 Å². The third-order valence-corrected chi connectivity index (χ3v) is 7.16. The van der Waals surface area contributed by atoms with E-state index in [1.54, 1.807) is 23.7 Å². The van der Waals surface area contributed by atoms with E-state index >= 15 is 0 Å². The number of rotatable bonds is 4. The number of nitrogens with zero attached hydrogens (tertiary/aromatic N) is 2. The Labute approximate surface area is 146 Å². The fourth-order valence-corrected chi connectivity index (χ4v) is 5.39. The van der Waals surface area contributed by atoms with Crippen LogP contribution in [0.25, 0.3) is 0 Å². The lowest BCUT2D eigenvalue weighted by Crippen LogP contribution is -2.50. The Hall–Kier alpha value is -1.43. The van der Waals surface area contributed by atoms with Crippen molar-refractivity contribution in [1.82, 2.24) is 9.80 Å². The number of amides is 2. The summed E-state index contributed by atoms with van der Waals surface area (Å²) in [7, 11) is 1.80. The molecule has 3 aliphatic rings. The molecule has 2 amide bonds. The molecule has 3 heterocycles. The average molecular weight is 348 g/mol. The Morgan fingerprint density at radius 3 is 2.96 bits per heavy atom. The summed E-state index contributed by atoms with van der Waals surface area (Å²) in [6.45, 7) is 4.76. The van der Waals surface area contributed by atoms with Crippen LogP contribution in [0, 0.1) is 5.92 Å². The molecule has 1 saturated carbocycles. The monoisotopic (exact) mass is 348 g/mol. The molecule has 1 aromatic heterocycles. The highest BCUT2D eigenvalue weighted by atomic mass is 32.2. The van der Waals surface area contributed by atoms with Crippen LogP contribution in [-0.2, 0) is 16.1 Å². The maximum atomic E-state index is 12.9. The molecule has 6 heteroatoms. The first-order valence-electron chi connectivity index (χ1n) is 8.69. The largest absolute Gasteiger partial charge is 0.464 e. The van der Waals surface area contributed by atoms with Gasteiger partial charge in [0.15, 0.2) is 0 Å². The van der Waals surface area contributed by atoms with Gasteiger partial charge < -0.3 is 14.2 Å². The standard InChI is InChI=1S/C18H24N2O3S/c1-11-8-13(11)15-5-4-12(23-15)9-19(3)17(22)14-10-24-18(2)7-6-16(21)20(14)18/h4-5,11,13-14H,6-10H2,1-3H3/t11-,13+,14-,18+/m1/s1. The van der Waals surface area contributed by atoms with Crippen LogP contribution in [0.3, 0.4) is 0 Å². The van der Waals surface area contributed by atoms with E-state index in [-0.39, 0.29) is 22.7 Å². The Morgan fingerprint density at radius 1 is 1.50 bits per heavy atom. The van der Waals surface area contributed by atoms with E-state index in [2.05, 4.69) is 13.8 Å². The second-order valence-corrected chi connectivity index (χ2v) is 9.08. The van der Waals surface area contributed by atoms with Crippen LogP contribution < -0.4 is 0 Å². The molecule has 1 aromatic rings. The van der Waals surface area contributed by atoms with Gasteiger partial charge >= 0.3 is 0 Å². The summed E-state index contributed by atoms with van der Waals surface area (Å²) in [6, 6.07) is 3.67. The molecular weight excluding hydrogens is 324 g/mol. The fourth-order valence-electron chi connectivity index (χ4n) is 3.97. The quantitative estimate of drug-likeness (QED) is 0.840. The van der Waals surface area contributed by atoms with Crippen molar-refractivity contribution in [3.05, 3.63) is 23.7 Å². The van der Waals surface area contributed by atoms with Crippen molar-refractivity contribution in [1.29, 1.82) is 0 Å². The number of thioether (sulfide) groups is 1. The van der Waals surface area contributed by atoms with Gasteiger partial charge in [-0.3, -0.25) is 9.59 Å². The molecule has 24 heavy (non-hydrogen) atoms. The van der Waals surface area contributed by atoms with Crippen LogP contribution in [0.15, 0.2) is 16.5 Å². The zero-order valence-electron chi connectivity index (χ0n) is 14.4. The van der Waals surface area contributed by atoms with Gasteiger partial charge in [-0.15, -0.1) is 11.8 Å². The number of carbonyl (C=O) groups is 2. The van der Waals surface area contributed by atoms with E-state index in [0.717, 1.165) is 17.9 Å². The van der Waals surface area contributed by atoms with Crippen molar-refractivity contribution in [2.24, 2.45) is 5.92 Å². The average Bonchev–Trinajstić information content (AvgIpc) is 2.89. The first-order chi connectivity index (χ1) is 11.4. The van der Waals surface area contributed by atoms with Crippen molar-refractivity contribution in [2.75, 3.05) is 12.8 Å². The molecule has 2 aliphatic heterocycles. The predicted molar refractivity (Wildman–Crippen MR) is 92.4 cm³/mol. The molecule has 130 valence electrons. The lowest BCUT2D eigenvalue weighted by atomic mass is 10.2. The Morgan fingerprint density at radius 2 is 2.25 bits per heavy atom. The van der Waals surface area contributed by atoms with Gasteiger partial charge in [-0.05, 0) is 37.8 Å². The van der Waals surface area contributed by atoms with Crippen LogP contribution >= 0.6 is 11.8 Å². The van der Waals surface area contributed by atoms with E-state index in [1.165, 1.54) is 6.42 Å². The van der Waals surface area contributed by atoms with E-state index in [9.17, 15) is 9.59 Å². The summed E-state index contributed by atoms with van der Waals surface area (Å²) in [4.78, 5) is 28.4. The molecule has 3 fully saturated rings. The number of fused-ring (bicyclic) bond motifs is 1. The topological polar surface area (TPSA) is 53.8 Å². The Bertz CT molecular complexity index is 688. The first-order valence-corrected chi connectivity index (χ1v) is 9.67. The first kappa shape index (κ1) is 16.1. The minimum absolute atomic E-state index is 0.0132. The van der Waals surface area contributed by atoms with E-state index in [0.29, 0.717) is 30.6 Å². The minimum Gasteiger partial charge on any atom is -0.464 e. The van der Waals surface area contributed by atoms with Gasteiger partial charge in [-0.2, -0.15) is 0 Å². The van der Waals surface area contributed by atoms with Crippen molar-refractivity contribution in [3.8, 4) is 0 Å². The van der Waals surface area contributed by atoms with Gasteiger partial charge in [0, 0.05) is 25.1 Å². The van der Waals surface area contributed by atoms with E-state index in [4.69, 9.17) is 4.42 Å².